The Kier molecular flexibility index (Phi) is 6.26. The number of nitrogens with one attached hydrogen (secondary N) is 1. The van der Waals surface area contributed by atoms with Crippen molar-refractivity contribution in [3.05, 3.63) is 0 Å². The zero-order chi connectivity index (χ0) is 18.6. The van der Waals surface area contributed by atoms with Crippen LogP contribution in [0.15, 0.2) is 0 Å². The smallest absolute Gasteiger partial charge is 0.318 e. The Morgan fingerprint density at radius 1 is 1.28 bits per heavy atom. The summed E-state index contributed by atoms with van der Waals surface area (Å²) in [6.07, 6.45) is 2.50. The van der Waals surface area contributed by atoms with Gasteiger partial charge in [0, 0.05) is 32.8 Å². The predicted molar refractivity (Wildman–Crippen MR) is 91.2 cm³/mol. The van der Waals surface area contributed by atoms with E-state index >= 15 is 0 Å². The Labute approximate surface area is 148 Å². The maximum absolute atomic E-state index is 13.0. The van der Waals surface area contributed by atoms with Crippen molar-refractivity contribution in [2.75, 3.05) is 33.4 Å². The number of urea groups is 1. The summed E-state index contributed by atoms with van der Waals surface area (Å²) < 4.78 is 5.11. The van der Waals surface area contributed by atoms with Crippen LogP contribution in [0.2, 0.25) is 0 Å². The topological polar surface area (TPSA) is 99.2 Å². The molecule has 142 valence electrons. The number of nitrogens with zero attached hydrogens (tertiary/aromatic N) is 2. The lowest BCUT2D eigenvalue weighted by molar-refractivity contribution is -0.159. The number of carbonyl (C=O) groups excluding carboxylic acids is 2. The number of hydrogen-bond donors (Lipinski definition) is 2. The minimum absolute atomic E-state index is 0.000187. The Hall–Kier alpha value is -1.83. The molecule has 2 saturated heterocycles. The number of rotatable bonds is 5. The second kappa shape index (κ2) is 8.03. The molecule has 2 heterocycles. The highest BCUT2D eigenvalue weighted by Gasteiger charge is 2.46. The van der Waals surface area contributed by atoms with E-state index in [1.165, 1.54) is 7.11 Å². The number of ether oxygens (including phenoxy) is 1. The zero-order valence-electron chi connectivity index (χ0n) is 15.3. The van der Waals surface area contributed by atoms with Crippen molar-refractivity contribution in [2.24, 2.45) is 5.41 Å². The standard InChI is InChI=1S/C17H29N3O5/c1-12(2)18-16(24)20-9-4-6-13(20)14(21)19-8-5-7-17(10-19,11-25-3)15(22)23/h12-13H,4-11H2,1-3H3,(H,18,24)(H,22,23)/t13-,17?/m0/s1. The van der Waals surface area contributed by atoms with Gasteiger partial charge in [-0.3, -0.25) is 9.59 Å². The van der Waals surface area contributed by atoms with Gasteiger partial charge in [0.05, 0.1) is 6.61 Å². The molecule has 1 unspecified atom stereocenters. The zero-order valence-corrected chi connectivity index (χ0v) is 15.3. The quantitative estimate of drug-likeness (QED) is 0.764. The van der Waals surface area contributed by atoms with Gasteiger partial charge in [-0.2, -0.15) is 0 Å². The fourth-order valence-electron chi connectivity index (χ4n) is 3.76. The van der Waals surface area contributed by atoms with Gasteiger partial charge in [-0.05, 0) is 39.5 Å². The molecule has 2 atom stereocenters. The van der Waals surface area contributed by atoms with Gasteiger partial charge in [0.2, 0.25) is 5.91 Å². The van der Waals surface area contributed by atoms with Crippen LogP contribution in [0.25, 0.3) is 0 Å². The SMILES string of the molecule is COCC1(C(=O)O)CCCN(C(=O)[C@@H]2CCCN2C(=O)NC(C)C)C1. The van der Waals surface area contributed by atoms with E-state index in [9.17, 15) is 19.5 Å². The number of carboxylic acids is 1. The van der Waals surface area contributed by atoms with Crippen LogP contribution < -0.4 is 5.32 Å². The molecule has 8 heteroatoms. The van der Waals surface area contributed by atoms with E-state index in [-0.39, 0.29) is 31.1 Å². The Bertz CT molecular complexity index is 520. The molecule has 2 fully saturated rings. The van der Waals surface area contributed by atoms with E-state index in [0.717, 1.165) is 6.42 Å². The van der Waals surface area contributed by atoms with Crippen molar-refractivity contribution in [1.29, 1.82) is 0 Å². The lowest BCUT2D eigenvalue weighted by atomic mass is 9.80. The molecule has 0 aromatic rings. The maximum atomic E-state index is 13.0. The number of hydrogen-bond acceptors (Lipinski definition) is 4. The summed E-state index contributed by atoms with van der Waals surface area (Å²) >= 11 is 0. The third-order valence-corrected chi connectivity index (χ3v) is 4.97. The molecule has 2 aliphatic heterocycles. The van der Waals surface area contributed by atoms with E-state index in [1.54, 1.807) is 9.80 Å². The molecule has 0 aliphatic carbocycles. The summed E-state index contributed by atoms with van der Waals surface area (Å²) in [5, 5.41) is 12.5. The van der Waals surface area contributed by atoms with Crippen LogP contribution in [0.1, 0.15) is 39.5 Å². The number of piperidine rings is 1. The highest BCUT2D eigenvalue weighted by molar-refractivity contribution is 5.88. The molecule has 0 bridgehead atoms. The van der Waals surface area contributed by atoms with Gasteiger partial charge in [-0.1, -0.05) is 0 Å². The minimum atomic E-state index is -1.06. The molecule has 0 spiro atoms. The molecule has 0 aromatic heterocycles. The van der Waals surface area contributed by atoms with Crippen molar-refractivity contribution in [3.8, 4) is 0 Å². The molecule has 0 radical (unpaired) electrons. The van der Waals surface area contributed by atoms with Crippen molar-refractivity contribution in [1.82, 2.24) is 15.1 Å². The molecule has 2 aliphatic rings. The molecule has 3 amide bonds. The summed E-state index contributed by atoms with van der Waals surface area (Å²) in [6.45, 7) is 5.03. The minimum Gasteiger partial charge on any atom is -0.481 e. The Morgan fingerprint density at radius 3 is 2.60 bits per heavy atom. The monoisotopic (exact) mass is 355 g/mol. The number of amides is 3. The van der Waals surface area contributed by atoms with Crippen LogP contribution in [-0.2, 0) is 14.3 Å². The van der Waals surface area contributed by atoms with Crippen molar-refractivity contribution < 1.29 is 24.2 Å². The van der Waals surface area contributed by atoms with Gasteiger partial charge >= 0.3 is 12.0 Å². The second-order valence-corrected chi connectivity index (χ2v) is 7.34. The molecular weight excluding hydrogens is 326 g/mol. The molecule has 0 saturated carbocycles. The maximum Gasteiger partial charge on any atom is 0.318 e. The lowest BCUT2D eigenvalue weighted by Crippen LogP contribution is -2.57. The van der Waals surface area contributed by atoms with E-state index in [2.05, 4.69) is 5.32 Å². The number of likely N-dealkylation sites (tertiary alicyclic amines) is 2. The van der Waals surface area contributed by atoms with Gasteiger partial charge in [-0.15, -0.1) is 0 Å². The first-order chi connectivity index (χ1) is 11.8. The summed E-state index contributed by atoms with van der Waals surface area (Å²) in [6, 6.07) is -0.740. The first-order valence-electron chi connectivity index (χ1n) is 8.89. The summed E-state index contributed by atoms with van der Waals surface area (Å²) in [5.41, 5.74) is -1.06. The number of methoxy groups -OCH3 is 1. The largest absolute Gasteiger partial charge is 0.481 e. The Balaban J connectivity index is 2.10. The number of carbonyl (C=O) groups is 3. The van der Waals surface area contributed by atoms with Gasteiger partial charge in [0.1, 0.15) is 11.5 Å². The van der Waals surface area contributed by atoms with Crippen LogP contribution in [0, 0.1) is 5.41 Å². The van der Waals surface area contributed by atoms with Gasteiger partial charge in [-0.25, -0.2) is 4.79 Å². The first kappa shape index (κ1) is 19.5. The molecular formula is C17H29N3O5. The summed E-state index contributed by atoms with van der Waals surface area (Å²) in [7, 11) is 1.47. The van der Waals surface area contributed by atoms with Crippen LogP contribution in [0.4, 0.5) is 4.79 Å². The average molecular weight is 355 g/mol. The van der Waals surface area contributed by atoms with Crippen LogP contribution in [-0.4, -0.2) is 78.2 Å². The van der Waals surface area contributed by atoms with Crippen molar-refractivity contribution in [2.45, 2.75) is 51.6 Å². The molecule has 2 rings (SSSR count). The van der Waals surface area contributed by atoms with E-state index in [1.807, 2.05) is 13.8 Å². The summed E-state index contributed by atoms with van der Waals surface area (Å²) in [4.78, 5) is 40.2. The van der Waals surface area contributed by atoms with E-state index < -0.39 is 17.4 Å². The fraction of sp³-hybridized carbons (Fsp3) is 0.824. The lowest BCUT2D eigenvalue weighted by Gasteiger charge is -2.41. The van der Waals surface area contributed by atoms with E-state index in [0.29, 0.717) is 32.4 Å². The second-order valence-electron chi connectivity index (χ2n) is 7.34. The van der Waals surface area contributed by atoms with Gasteiger partial charge in [0.15, 0.2) is 0 Å². The highest BCUT2D eigenvalue weighted by Crippen LogP contribution is 2.32. The van der Waals surface area contributed by atoms with Crippen molar-refractivity contribution >= 4 is 17.9 Å². The van der Waals surface area contributed by atoms with Crippen LogP contribution in [0.3, 0.4) is 0 Å². The number of carboxylic acid groups (broad SMARTS) is 1. The summed E-state index contributed by atoms with van der Waals surface area (Å²) in [5.74, 6) is -1.09. The molecule has 2 N–H and O–H groups in total. The van der Waals surface area contributed by atoms with Crippen molar-refractivity contribution in [3.63, 3.8) is 0 Å². The Morgan fingerprint density at radius 2 is 2.00 bits per heavy atom. The normalized spacial score (nSPS) is 26.8. The first-order valence-corrected chi connectivity index (χ1v) is 8.89. The highest BCUT2D eigenvalue weighted by atomic mass is 16.5. The number of aliphatic carboxylic acids is 1. The molecule has 8 nitrogen and oxygen atoms in total. The molecule has 25 heavy (non-hydrogen) atoms. The fourth-order valence-corrected chi connectivity index (χ4v) is 3.76. The predicted octanol–water partition coefficient (Wildman–Crippen LogP) is 0.909. The van der Waals surface area contributed by atoms with Gasteiger partial charge < -0.3 is 25.0 Å². The molecule has 0 aromatic carbocycles. The van der Waals surface area contributed by atoms with Gasteiger partial charge in [0.25, 0.3) is 0 Å². The average Bonchev–Trinajstić information content (AvgIpc) is 3.03. The third kappa shape index (κ3) is 4.23. The van der Waals surface area contributed by atoms with E-state index in [4.69, 9.17) is 4.74 Å². The van der Waals surface area contributed by atoms with Crippen LogP contribution >= 0.6 is 0 Å². The third-order valence-electron chi connectivity index (χ3n) is 4.97. The van der Waals surface area contributed by atoms with Crippen LogP contribution in [0.5, 0.6) is 0 Å².